The zero-order chi connectivity index (χ0) is 13.0. The molecule has 1 amide bonds. The summed E-state index contributed by atoms with van der Waals surface area (Å²) in [5, 5.41) is 12.3. The molecule has 0 radical (unpaired) electrons. The Labute approximate surface area is 107 Å². The first-order valence-corrected chi connectivity index (χ1v) is 6.25. The highest BCUT2D eigenvalue weighted by Gasteiger charge is 2.29. The van der Waals surface area contributed by atoms with Gasteiger partial charge in [-0.25, -0.2) is 0 Å². The third-order valence-corrected chi connectivity index (χ3v) is 3.29. The van der Waals surface area contributed by atoms with Crippen molar-refractivity contribution in [3.8, 4) is 0 Å². The van der Waals surface area contributed by atoms with Gasteiger partial charge < -0.3 is 10.4 Å². The highest BCUT2D eigenvalue weighted by atomic mass is 16.3. The number of aromatic nitrogens is 1. The van der Waals surface area contributed by atoms with Crippen LogP contribution in [0.2, 0.25) is 0 Å². The third kappa shape index (κ3) is 3.05. The zero-order valence-electron chi connectivity index (χ0n) is 10.5. The number of aliphatic hydroxyl groups is 1. The second kappa shape index (κ2) is 5.93. The maximum absolute atomic E-state index is 11.9. The predicted octanol–water partition coefficient (Wildman–Crippen LogP) is 0.153. The number of nitrogens with one attached hydrogen (secondary N) is 1. The number of amides is 1. The van der Waals surface area contributed by atoms with Crippen LogP contribution in [0.1, 0.15) is 18.9 Å². The van der Waals surface area contributed by atoms with E-state index in [9.17, 15) is 9.90 Å². The van der Waals surface area contributed by atoms with Crippen LogP contribution in [-0.2, 0) is 11.3 Å². The van der Waals surface area contributed by atoms with E-state index in [1.54, 1.807) is 12.4 Å². The van der Waals surface area contributed by atoms with Crippen molar-refractivity contribution in [1.82, 2.24) is 15.2 Å². The van der Waals surface area contributed by atoms with Gasteiger partial charge in [0.15, 0.2) is 0 Å². The second-order valence-electron chi connectivity index (χ2n) is 4.72. The van der Waals surface area contributed by atoms with Gasteiger partial charge in [-0.3, -0.25) is 14.7 Å². The monoisotopic (exact) mass is 249 g/mol. The molecule has 0 aliphatic carbocycles. The summed E-state index contributed by atoms with van der Waals surface area (Å²) in [6.45, 7) is 3.30. The number of carbonyl (C=O) groups excluding carboxylic acids is 1. The summed E-state index contributed by atoms with van der Waals surface area (Å²) in [7, 11) is 0. The molecule has 5 nitrogen and oxygen atoms in total. The standard InChI is InChI=1S/C13H19N3O2/c1-10-4-7-16(12(9-17)13(18)15-10)8-11-2-5-14-6-3-11/h2-3,5-6,10,12,17H,4,7-9H2,1H3,(H,15,18). The minimum Gasteiger partial charge on any atom is -0.394 e. The molecule has 0 aromatic carbocycles. The average molecular weight is 249 g/mol. The van der Waals surface area contributed by atoms with Gasteiger partial charge in [0.2, 0.25) is 5.91 Å². The third-order valence-electron chi connectivity index (χ3n) is 3.29. The van der Waals surface area contributed by atoms with E-state index >= 15 is 0 Å². The van der Waals surface area contributed by atoms with Crippen LogP contribution in [0.5, 0.6) is 0 Å². The molecule has 1 aromatic rings. The van der Waals surface area contributed by atoms with Gasteiger partial charge in [0, 0.05) is 31.5 Å². The van der Waals surface area contributed by atoms with Gasteiger partial charge >= 0.3 is 0 Å². The lowest BCUT2D eigenvalue weighted by atomic mass is 10.2. The van der Waals surface area contributed by atoms with E-state index in [1.165, 1.54) is 0 Å². The molecule has 0 bridgehead atoms. The van der Waals surface area contributed by atoms with Gasteiger partial charge in [0.05, 0.1) is 6.61 Å². The summed E-state index contributed by atoms with van der Waals surface area (Å²) in [5.74, 6) is -0.0865. The Balaban J connectivity index is 2.11. The largest absolute Gasteiger partial charge is 0.394 e. The fraction of sp³-hybridized carbons (Fsp3) is 0.538. The summed E-state index contributed by atoms with van der Waals surface area (Å²) in [5.41, 5.74) is 1.10. The Bertz CT molecular complexity index is 396. The first-order valence-electron chi connectivity index (χ1n) is 6.25. The van der Waals surface area contributed by atoms with Gasteiger partial charge in [-0.2, -0.15) is 0 Å². The van der Waals surface area contributed by atoms with Gasteiger partial charge in [-0.1, -0.05) is 0 Å². The van der Waals surface area contributed by atoms with Gasteiger partial charge in [0.25, 0.3) is 0 Å². The van der Waals surface area contributed by atoms with Crippen molar-refractivity contribution in [2.45, 2.75) is 32.0 Å². The number of hydrogen-bond acceptors (Lipinski definition) is 4. The molecule has 1 fully saturated rings. The van der Waals surface area contributed by atoms with Crippen molar-refractivity contribution in [2.24, 2.45) is 0 Å². The fourth-order valence-corrected chi connectivity index (χ4v) is 2.20. The van der Waals surface area contributed by atoms with Crippen LogP contribution < -0.4 is 5.32 Å². The van der Waals surface area contributed by atoms with Gasteiger partial charge in [-0.05, 0) is 31.0 Å². The molecule has 1 aliphatic heterocycles. The first kappa shape index (κ1) is 13.0. The second-order valence-corrected chi connectivity index (χ2v) is 4.72. The number of hydrogen-bond donors (Lipinski definition) is 2. The van der Waals surface area contributed by atoms with Crippen molar-refractivity contribution in [1.29, 1.82) is 0 Å². The summed E-state index contributed by atoms with van der Waals surface area (Å²) >= 11 is 0. The van der Waals surface area contributed by atoms with Crippen LogP contribution in [0.4, 0.5) is 0 Å². The first-order chi connectivity index (χ1) is 8.70. The predicted molar refractivity (Wildman–Crippen MR) is 67.7 cm³/mol. The molecule has 2 heterocycles. The SMILES string of the molecule is CC1CCN(Cc2ccncc2)C(CO)C(=O)N1. The molecule has 2 atom stereocenters. The van der Waals surface area contributed by atoms with Crippen LogP contribution >= 0.6 is 0 Å². The smallest absolute Gasteiger partial charge is 0.239 e. The van der Waals surface area contributed by atoms with E-state index < -0.39 is 6.04 Å². The lowest BCUT2D eigenvalue weighted by molar-refractivity contribution is -0.127. The highest BCUT2D eigenvalue weighted by molar-refractivity contribution is 5.82. The highest BCUT2D eigenvalue weighted by Crippen LogP contribution is 2.13. The fourth-order valence-electron chi connectivity index (χ4n) is 2.20. The molecule has 0 saturated carbocycles. The average Bonchev–Trinajstić information content (AvgIpc) is 2.50. The molecule has 5 heteroatoms. The lowest BCUT2D eigenvalue weighted by Gasteiger charge is -2.26. The van der Waals surface area contributed by atoms with Crippen LogP contribution in [0.3, 0.4) is 0 Å². The summed E-state index contributed by atoms with van der Waals surface area (Å²) < 4.78 is 0. The number of nitrogens with zero attached hydrogens (tertiary/aromatic N) is 2. The Kier molecular flexibility index (Phi) is 4.28. The summed E-state index contributed by atoms with van der Waals surface area (Å²) in [6.07, 6.45) is 4.38. The number of carbonyl (C=O) groups is 1. The van der Waals surface area contributed by atoms with Crippen LogP contribution in [0.15, 0.2) is 24.5 Å². The van der Waals surface area contributed by atoms with Crippen molar-refractivity contribution >= 4 is 5.91 Å². The molecular formula is C13H19N3O2. The van der Waals surface area contributed by atoms with E-state index in [1.807, 2.05) is 24.0 Å². The topological polar surface area (TPSA) is 65.5 Å². The molecule has 1 aromatic heterocycles. The maximum Gasteiger partial charge on any atom is 0.239 e. The molecule has 98 valence electrons. The Hall–Kier alpha value is -1.46. The van der Waals surface area contributed by atoms with E-state index in [0.29, 0.717) is 6.54 Å². The molecule has 2 rings (SSSR count). The number of aliphatic hydroxyl groups excluding tert-OH is 1. The van der Waals surface area contributed by atoms with Crippen molar-refractivity contribution in [3.63, 3.8) is 0 Å². The molecule has 18 heavy (non-hydrogen) atoms. The van der Waals surface area contributed by atoms with Crippen molar-refractivity contribution in [3.05, 3.63) is 30.1 Å². The molecule has 2 unspecified atom stereocenters. The lowest BCUT2D eigenvalue weighted by Crippen LogP contribution is -2.47. The summed E-state index contributed by atoms with van der Waals surface area (Å²) in [4.78, 5) is 17.9. The van der Waals surface area contributed by atoms with Gasteiger partial charge in [-0.15, -0.1) is 0 Å². The molecule has 1 saturated heterocycles. The van der Waals surface area contributed by atoms with Crippen LogP contribution in [-0.4, -0.2) is 46.1 Å². The molecule has 1 aliphatic rings. The van der Waals surface area contributed by atoms with Crippen molar-refractivity contribution < 1.29 is 9.90 Å². The van der Waals surface area contributed by atoms with E-state index in [0.717, 1.165) is 18.5 Å². The van der Waals surface area contributed by atoms with E-state index in [2.05, 4.69) is 10.3 Å². The van der Waals surface area contributed by atoms with E-state index in [4.69, 9.17) is 0 Å². The minimum atomic E-state index is -0.455. The van der Waals surface area contributed by atoms with Crippen LogP contribution in [0, 0.1) is 0 Å². The van der Waals surface area contributed by atoms with Crippen LogP contribution in [0.25, 0.3) is 0 Å². The molecule has 2 N–H and O–H groups in total. The normalized spacial score (nSPS) is 25.6. The Morgan fingerprint density at radius 3 is 2.89 bits per heavy atom. The molecular weight excluding hydrogens is 230 g/mol. The number of rotatable bonds is 3. The van der Waals surface area contributed by atoms with E-state index in [-0.39, 0.29) is 18.6 Å². The number of pyridine rings is 1. The minimum absolute atomic E-state index is 0.0865. The van der Waals surface area contributed by atoms with Gasteiger partial charge in [0.1, 0.15) is 6.04 Å². The quantitative estimate of drug-likeness (QED) is 0.800. The molecule has 0 spiro atoms. The Morgan fingerprint density at radius 2 is 2.22 bits per heavy atom. The van der Waals surface area contributed by atoms with Crippen molar-refractivity contribution in [2.75, 3.05) is 13.2 Å². The Morgan fingerprint density at radius 1 is 1.50 bits per heavy atom. The maximum atomic E-state index is 11.9. The summed E-state index contributed by atoms with van der Waals surface area (Å²) in [6, 6.07) is 3.57. The zero-order valence-corrected chi connectivity index (χ0v) is 10.5.